The van der Waals surface area contributed by atoms with Gasteiger partial charge in [0.05, 0.1) is 0 Å². The third-order valence-electron chi connectivity index (χ3n) is 3.14. The fourth-order valence-electron chi connectivity index (χ4n) is 2.15. The third-order valence-corrected chi connectivity index (χ3v) is 3.14. The summed E-state index contributed by atoms with van der Waals surface area (Å²) in [6.07, 6.45) is 0.531. The zero-order valence-electron chi connectivity index (χ0n) is 11.3. The normalized spacial score (nSPS) is 10.5. The third kappa shape index (κ3) is 2.97. The van der Waals surface area contributed by atoms with Crippen molar-refractivity contribution in [1.29, 1.82) is 0 Å². The molecule has 0 fully saturated rings. The van der Waals surface area contributed by atoms with Gasteiger partial charge in [0.2, 0.25) is 5.95 Å². The minimum atomic E-state index is 0.00644. The number of nitrogens with two attached hydrogens (primary N) is 1. The Morgan fingerprint density at radius 2 is 1.81 bits per heavy atom. The number of aromatic amines is 1. The van der Waals surface area contributed by atoms with Crippen molar-refractivity contribution in [3.8, 4) is 0 Å². The molecule has 0 saturated heterocycles. The second kappa shape index (κ2) is 5.58. The van der Waals surface area contributed by atoms with Gasteiger partial charge >= 0.3 is 0 Å². The molecule has 0 aliphatic heterocycles. The average Bonchev–Trinajstić information content (AvgIpc) is 2.93. The lowest BCUT2D eigenvalue weighted by Crippen LogP contribution is -2.02. The molecule has 3 N–H and O–H groups in total. The highest BCUT2D eigenvalue weighted by atomic mass is 16.1. The number of aromatic nitrogens is 3. The summed E-state index contributed by atoms with van der Waals surface area (Å²) in [6.45, 7) is 0. The van der Waals surface area contributed by atoms with E-state index in [9.17, 15) is 4.79 Å². The SMILES string of the molecule is Nc1nc(Cc2cccc(C(=O)c3ccccc3)c2)n[nH]1. The van der Waals surface area contributed by atoms with E-state index in [0.717, 1.165) is 5.56 Å². The Kier molecular flexibility index (Phi) is 3.47. The standard InChI is InChI=1S/C16H14N4O/c17-16-18-14(19-20-16)10-11-5-4-8-13(9-11)15(21)12-6-2-1-3-7-12/h1-9H,10H2,(H3,17,18,19,20). The van der Waals surface area contributed by atoms with E-state index in [2.05, 4.69) is 15.2 Å². The van der Waals surface area contributed by atoms with Gasteiger partial charge in [-0.25, -0.2) is 5.10 Å². The first-order valence-electron chi connectivity index (χ1n) is 6.58. The van der Waals surface area contributed by atoms with Crippen LogP contribution in [0.1, 0.15) is 27.3 Å². The van der Waals surface area contributed by atoms with Crippen molar-refractivity contribution in [2.45, 2.75) is 6.42 Å². The van der Waals surface area contributed by atoms with E-state index in [4.69, 9.17) is 5.73 Å². The van der Waals surface area contributed by atoms with Gasteiger partial charge in [-0.15, -0.1) is 0 Å². The predicted octanol–water partition coefficient (Wildman–Crippen LogP) is 2.21. The van der Waals surface area contributed by atoms with Gasteiger partial charge in [-0.2, -0.15) is 10.1 Å². The second-order valence-corrected chi connectivity index (χ2v) is 4.71. The molecule has 5 heteroatoms. The van der Waals surface area contributed by atoms with Gasteiger partial charge in [-0.1, -0.05) is 48.5 Å². The summed E-state index contributed by atoms with van der Waals surface area (Å²) in [5.74, 6) is 0.908. The highest BCUT2D eigenvalue weighted by molar-refractivity contribution is 6.09. The Morgan fingerprint density at radius 3 is 2.52 bits per heavy atom. The number of anilines is 1. The van der Waals surface area contributed by atoms with Crippen molar-refractivity contribution >= 4 is 11.7 Å². The number of nitrogens with zero attached hydrogens (tertiary/aromatic N) is 2. The number of benzene rings is 2. The van der Waals surface area contributed by atoms with E-state index < -0.39 is 0 Å². The topological polar surface area (TPSA) is 84.7 Å². The molecule has 0 aliphatic rings. The van der Waals surface area contributed by atoms with Gasteiger partial charge in [-0.05, 0) is 11.6 Å². The highest BCUT2D eigenvalue weighted by Crippen LogP contribution is 2.13. The molecule has 0 unspecified atom stereocenters. The van der Waals surface area contributed by atoms with E-state index in [1.54, 1.807) is 0 Å². The van der Waals surface area contributed by atoms with E-state index >= 15 is 0 Å². The van der Waals surface area contributed by atoms with Crippen molar-refractivity contribution in [3.05, 3.63) is 77.1 Å². The molecule has 0 spiro atoms. The van der Waals surface area contributed by atoms with Crippen molar-refractivity contribution in [1.82, 2.24) is 15.2 Å². The summed E-state index contributed by atoms with van der Waals surface area (Å²) in [5, 5.41) is 6.60. The van der Waals surface area contributed by atoms with E-state index in [1.807, 2.05) is 54.6 Å². The first-order valence-corrected chi connectivity index (χ1v) is 6.58. The maximum atomic E-state index is 12.4. The molecule has 0 radical (unpaired) electrons. The number of ketones is 1. The van der Waals surface area contributed by atoms with Crippen molar-refractivity contribution in [3.63, 3.8) is 0 Å². The van der Waals surface area contributed by atoms with Crippen LogP contribution in [0.3, 0.4) is 0 Å². The minimum absolute atomic E-state index is 0.00644. The first-order chi connectivity index (χ1) is 10.2. The summed E-state index contributed by atoms with van der Waals surface area (Å²) in [4.78, 5) is 16.5. The van der Waals surface area contributed by atoms with Crippen LogP contribution in [0.15, 0.2) is 54.6 Å². The van der Waals surface area contributed by atoms with Gasteiger partial charge in [0.15, 0.2) is 11.6 Å². The van der Waals surface area contributed by atoms with E-state index in [1.165, 1.54) is 0 Å². The number of carbonyl (C=O) groups is 1. The predicted molar refractivity (Wildman–Crippen MR) is 79.9 cm³/mol. The molecule has 21 heavy (non-hydrogen) atoms. The molecule has 3 rings (SSSR count). The molecule has 0 atom stereocenters. The lowest BCUT2D eigenvalue weighted by atomic mass is 10.0. The maximum Gasteiger partial charge on any atom is 0.216 e. The Labute approximate surface area is 121 Å². The highest BCUT2D eigenvalue weighted by Gasteiger charge is 2.10. The minimum Gasteiger partial charge on any atom is -0.368 e. The van der Waals surface area contributed by atoms with Gasteiger partial charge in [0.25, 0.3) is 0 Å². The second-order valence-electron chi connectivity index (χ2n) is 4.71. The van der Waals surface area contributed by atoms with Gasteiger partial charge < -0.3 is 5.73 Å². The summed E-state index contributed by atoms with van der Waals surface area (Å²) in [5.41, 5.74) is 7.80. The first kappa shape index (κ1) is 13.1. The van der Waals surface area contributed by atoms with Crippen LogP contribution in [-0.2, 0) is 6.42 Å². The molecule has 1 heterocycles. The molecule has 3 aromatic rings. The van der Waals surface area contributed by atoms with Crippen molar-refractivity contribution in [2.24, 2.45) is 0 Å². The Balaban J connectivity index is 1.85. The number of rotatable bonds is 4. The monoisotopic (exact) mass is 278 g/mol. The largest absolute Gasteiger partial charge is 0.368 e. The number of hydrogen-bond acceptors (Lipinski definition) is 4. The van der Waals surface area contributed by atoms with Crippen LogP contribution < -0.4 is 5.73 Å². The lowest BCUT2D eigenvalue weighted by molar-refractivity contribution is 0.103. The zero-order chi connectivity index (χ0) is 14.7. The Bertz CT molecular complexity index is 765. The van der Waals surface area contributed by atoms with Crippen LogP contribution in [0.2, 0.25) is 0 Å². The van der Waals surface area contributed by atoms with Crippen molar-refractivity contribution in [2.75, 3.05) is 5.73 Å². The molecule has 2 aromatic carbocycles. The fraction of sp³-hybridized carbons (Fsp3) is 0.0625. The molecule has 104 valence electrons. The zero-order valence-corrected chi connectivity index (χ0v) is 11.3. The molecular weight excluding hydrogens is 264 g/mol. The molecule has 0 bridgehead atoms. The van der Waals surface area contributed by atoms with Crippen LogP contribution in [0.4, 0.5) is 5.95 Å². The summed E-state index contributed by atoms with van der Waals surface area (Å²) in [7, 11) is 0. The summed E-state index contributed by atoms with van der Waals surface area (Å²) >= 11 is 0. The number of carbonyl (C=O) groups excluding carboxylic acids is 1. The number of H-pyrrole nitrogens is 1. The van der Waals surface area contributed by atoms with Crippen LogP contribution in [0.25, 0.3) is 0 Å². The molecule has 0 aliphatic carbocycles. The smallest absolute Gasteiger partial charge is 0.216 e. The molecule has 1 aromatic heterocycles. The van der Waals surface area contributed by atoms with E-state index in [0.29, 0.717) is 29.3 Å². The van der Waals surface area contributed by atoms with Crippen molar-refractivity contribution < 1.29 is 4.79 Å². The number of hydrogen-bond donors (Lipinski definition) is 2. The fourth-order valence-corrected chi connectivity index (χ4v) is 2.15. The Hall–Kier alpha value is -2.95. The summed E-state index contributed by atoms with van der Waals surface area (Å²) < 4.78 is 0. The summed E-state index contributed by atoms with van der Waals surface area (Å²) in [6, 6.07) is 16.7. The Morgan fingerprint density at radius 1 is 1.05 bits per heavy atom. The van der Waals surface area contributed by atoms with Gasteiger partial charge in [-0.3, -0.25) is 4.79 Å². The number of nitrogen functional groups attached to an aromatic ring is 1. The van der Waals surface area contributed by atoms with Gasteiger partial charge in [0, 0.05) is 17.5 Å². The molecule has 0 amide bonds. The molecule has 0 saturated carbocycles. The van der Waals surface area contributed by atoms with E-state index in [-0.39, 0.29) is 5.78 Å². The van der Waals surface area contributed by atoms with Gasteiger partial charge in [0.1, 0.15) is 0 Å². The molecule has 5 nitrogen and oxygen atoms in total. The quantitative estimate of drug-likeness (QED) is 0.716. The average molecular weight is 278 g/mol. The van der Waals surface area contributed by atoms with Crippen LogP contribution in [0.5, 0.6) is 0 Å². The lowest BCUT2D eigenvalue weighted by Gasteiger charge is -2.03. The maximum absolute atomic E-state index is 12.4. The molecular formula is C16H14N4O. The number of nitrogens with one attached hydrogen (secondary N) is 1. The van der Waals surface area contributed by atoms with Crippen LogP contribution in [-0.4, -0.2) is 21.0 Å². The van der Waals surface area contributed by atoms with Crippen LogP contribution >= 0.6 is 0 Å². The van der Waals surface area contributed by atoms with Crippen LogP contribution in [0, 0.1) is 0 Å².